The van der Waals surface area contributed by atoms with Crippen molar-refractivity contribution in [2.45, 2.75) is 11.8 Å². The molecule has 0 saturated carbocycles. The molecule has 1 heterocycles. The molecule has 0 spiro atoms. The van der Waals surface area contributed by atoms with E-state index in [9.17, 15) is 30.8 Å². The Balaban J connectivity index is 1.80. The molecule has 0 amide bonds. The van der Waals surface area contributed by atoms with E-state index < -0.39 is 39.1 Å². The van der Waals surface area contributed by atoms with Crippen molar-refractivity contribution >= 4 is 28.0 Å². The van der Waals surface area contributed by atoms with Gasteiger partial charge in [-0.2, -0.15) is 4.31 Å². The number of halogens is 4. The number of Topliss-reactive ketones (excluding diaryl/α,β-unsaturated/α-hetero) is 1. The van der Waals surface area contributed by atoms with Crippen LogP contribution < -0.4 is 0 Å². The fraction of sp³-hybridized carbons (Fsp3) is 0.115. The highest BCUT2D eigenvalue weighted by atomic mass is 32.2. The smallest absolute Gasteiger partial charge is 0.243 e. The summed E-state index contributed by atoms with van der Waals surface area (Å²) in [6.45, 7) is 1.17. The maximum Gasteiger partial charge on any atom is 0.243 e. The number of piperidine rings is 1. The average Bonchev–Trinajstić information content (AvgIpc) is 2.81. The highest BCUT2D eigenvalue weighted by molar-refractivity contribution is 7.89. The number of ketones is 1. The van der Waals surface area contributed by atoms with Gasteiger partial charge in [0.15, 0.2) is 29.1 Å². The molecule has 0 bridgehead atoms. The van der Waals surface area contributed by atoms with Crippen LogP contribution in [0.2, 0.25) is 0 Å². The molecule has 0 radical (unpaired) electrons. The molecule has 0 N–H and O–H groups in total. The zero-order valence-electron chi connectivity index (χ0n) is 18.4. The lowest BCUT2D eigenvalue weighted by molar-refractivity contribution is -0.113. The van der Waals surface area contributed by atoms with Crippen LogP contribution in [0.1, 0.15) is 16.7 Å². The van der Waals surface area contributed by atoms with Crippen LogP contribution in [0, 0.1) is 30.2 Å². The number of carbonyl (C=O) groups excluding carboxylic acids is 1. The first-order valence-electron chi connectivity index (χ1n) is 10.5. The van der Waals surface area contributed by atoms with Gasteiger partial charge in [-0.3, -0.25) is 4.79 Å². The Labute approximate surface area is 199 Å². The molecule has 4 rings (SSSR count). The van der Waals surface area contributed by atoms with Gasteiger partial charge < -0.3 is 0 Å². The van der Waals surface area contributed by atoms with Crippen molar-refractivity contribution in [1.82, 2.24) is 4.31 Å². The Morgan fingerprint density at radius 2 is 1.17 bits per heavy atom. The number of benzene rings is 3. The van der Waals surface area contributed by atoms with Crippen LogP contribution in [0.4, 0.5) is 17.6 Å². The molecule has 1 aliphatic heterocycles. The van der Waals surface area contributed by atoms with Gasteiger partial charge >= 0.3 is 0 Å². The van der Waals surface area contributed by atoms with Crippen molar-refractivity contribution in [2.75, 3.05) is 13.1 Å². The summed E-state index contributed by atoms with van der Waals surface area (Å²) in [5.41, 5.74) is 1.19. The minimum absolute atomic E-state index is 0.00628. The number of carbonyl (C=O) groups is 1. The predicted octanol–water partition coefficient (Wildman–Crippen LogP) is 5.29. The zero-order valence-corrected chi connectivity index (χ0v) is 19.3. The molecule has 1 saturated heterocycles. The summed E-state index contributed by atoms with van der Waals surface area (Å²) in [5, 5.41) is 0. The average molecular weight is 502 g/mol. The SMILES string of the molecule is Cc1ccc(S(=O)(=O)N2C/C(=C/c3ccc(F)c(F)c3)C(=O)/C(=C/c3ccc(F)c(F)c3)C2)cc1. The lowest BCUT2D eigenvalue weighted by atomic mass is 9.95. The summed E-state index contributed by atoms with van der Waals surface area (Å²) in [4.78, 5) is 13.2. The molecule has 3 aromatic rings. The van der Waals surface area contributed by atoms with Crippen molar-refractivity contribution in [3.63, 3.8) is 0 Å². The van der Waals surface area contributed by atoms with Crippen LogP contribution in [0.25, 0.3) is 12.2 Å². The number of aryl methyl sites for hydroxylation is 1. The second kappa shape index (κ2) is 9.59. The standard InChI is InChI=1S/C26H19F4NO3S/c1-16-2-6-21(7-3-16)35(33,34)31-14-19(10-17-4-8-22(27)24(29)12-17)26(32)20(15-31)11-18-5-9-23(28)25(30)13-18/h2-13H,14-15H2,1H3/b19-10-,20-11+. The third-order valence-electron chi connectivity index (χ3n) is 5.50. The van der Waals surface area contributed by atoms with Gasteiger partial charge in [0.2, 0.25) is 10.0 Å². The van der Waals surface area contributed by atoms with Gasteiger partial charge in [-0.15, -0.1) is 0 Å². The predicted molar refractivity (Wildman–Crippen MR) is 124 cm³/mol. The molecule has 0 aliphatic carbocycles. The van der Waals surface area contributed by atoms with Crippen molar-refractivity contribution in [3.8, 4) is 0 Å². The van der Waals surface area contributed by atoms with Gasteiger partial charge in [-0.05, 0) is 66.6 Å². The van der Waals surface area contributed by atoms with E-state index in [-0.39, 0.29) is 40.3 Å². The number of sulfonamides is 1. The largest absolute Gasteiger partial charge is 0.289 e. The number of rotatable bonds is 4. The summed E-state index contributed by atoms with van der Waals surface area (Å²) in [7, 11) is -4.05. The minimum atomic E-state index is -4.05. The van der Waals surface area contributed by atoms with Crippen molar-refractivity contribution in [1.29, 1.82) is 0 Å². The monoisotopic (exact) mass is 501 g/mol. The second-order valence-electron chi connectivity index (χ2n) is 8.10. The van der Waals surface area contributed by atoms with E-state index in [2.05, 4.69) is 0 Å². The Kier molecular flexibility index (Phi) is 6.73. The zero-order chi connectivity index (χ0) is 25.3. The highest BCUT2D eigenvalue weighted by Crippen LogP contribution is 2.28. The number of nitrogens with zero attached hydrogens (tertiary/aromatic N) is 1. The van der Waals surface area contributed by atoms with Crippen LogP contribution in [0.5, 0.6) is 0 Å². The van der Waals surface area contributed by atoms with Crippen LogP contribution in [-0.4, -0.2) is 31.6 Å². The van der Waals surface area contributed by atoms with Crippen LogP contribution in [-0.2, 0) is 14.8 Å². The number of hydrogen-bond donors (Lipinski definition) is 0. The fourth-order valence-electron chi connectivity index (χ4n) is 3.64. The van der Waals surface area contributed by atoms with Crippen molar-refractivity contribution < 1.29 is 30.8 Å². The summed E-state index contributed by atoms with van der Waals surface area (Å²) in [5.74, 6) is -4.92. The number of hydrogen-bond acceptors (Lipinski definition) is 3. The molecule has 35 heavy (non-hydrogen) atoms. The lowest BCUT2D eigenvalue weighted by Gasteiger charge is -2.29. The van der Waals surface area contributed by atoms with E-state index in [1.165, 1.54) is 36.4 Å². The maximum absolute atomic E-state index is 13.7. The topological polar surface area (TPSA) is 54.5 Å². The first-order valence-corrected chi connectivity index (χ1v) is 11.9. The molecular weight excluding hydrogens is 482 g/mol. The van der Waals surface area contributed by atoms with Crippen LogP contribution in [0.3, 0.4) is 0 Å². The molecule has 0 unspecified atom stereocenters. The van der Waals surface area contributed by atoms with Crippen LogP contribution >= 0.6 is 0 Å². The Hall–Kier alpha value is -3.56. The highest BCUT2D eigenvalue weighted by Gasteiger charge is 2.34. The first-order chi connectivity index (χ1) is 16.5. The molecule has 180 valence electrons. The maximum atomic E-state index is 13.7. The van der Waals surface area contributed by atoms with Gasteiger partial charge in [-0.25, -0.2) is 26.0 Å². The van der Waals surface area contributed by atoms with E-state index in [1.807, 2.05) is 0 Å². The Morgan fingerprint density at radius 3 is 1.60 bits per heavy atom. The van der Waals surface area contributed by atoms with Crippen LogP contribution in [0.15, 0.2) is 76.7 Å². The third-order valence-corrected chi connectivity index (χ3v) is 7.31. The molecule has 1 aliphatic rings. The second-order valence-corrected chi connectivity index (χ2v) is 10.0. The Bertz CT molecular complexity index is 1410. The third kappa shape index (κ3) is 5.26. The van der Waals surface area contributed by atoms with E-state index >= 15 is 0 Å². The summed E-state index contributed by atoms with van der Waals surface area (Å²) in [6, 6.07) is 12.2. The molecule has 9 heteroatoms. The first kappa shape index (κ1) is 24.6. The van der Waals surface area contributed by atoms with Crippen molar-refractivity contribution in [2.24, 2.45) is 0 Å². The summed E-state index contributed by atoms with van der Waals surface area (Å²) >= 11 is 0. The van der Waals surface area contributed by atoms with Gasteiger partial charge in [0.1, 0.15) is 0 Å². The fourth-order valence-corrected chi connectivity index (χ4v) is 5.04. The summed E-state index contributed by atoms with van der Waals surface area (Å²) in [6.07, 6.45) is 2.56. The van der Waals surface area contributed by atoms with Gasteiger partial charge in [0.05, 0.1) is 4.90 Å². The van der Waals surface area contributed by atoms with Crippen molar-refractivity contribution in [3.05, 3.63) is 112 Å². The van der Waals surface area contributed by atoms with Gasteiger partial charge in [0.25, 0.3) is 0 Å². The minimum Gasteiger partial charge on any atom is -0.289 e. The molecule has 4 nitrogen and oxygen atoms in total. The normalized spacial score (nSPS) is 17.3. The molecule has 3 aromatic carbocycles. The van der Waals surface area contributed by atoms with Gasteiger partial charge in [-0.1, -0.05) is 29.8 Å². The quantitative estimate of drug-likeness (QED) is 0.361. The van der Waals surface area contributed by atoms with Gasteiger partial charge in [0, 0.05) is 24.2 Å². The summed E-state index contributed by atoms with van der Waals surface area (Å²) < 4.78 is 81.8. The van der Waals surface area contributed by atoms with E-state index in [4.69, 9.17) is 0 Å². The van der Waals surface area contributed by atoms with E-state index in [0.29, 0.717) is 0 Å². The molecule has 0 aromatic heterocycles. The molecule has 0 atom stereocenters. The Morgan fingerprint density at radius 1 is 0.714 bits per heavy atom. The lowest BCUT2D eigenvalue weighted by Crippen LogP contribution is -2.41. The molecular formula is C26H19F4NO3S. The molecule has 1 fully saturated rings. The van der Waals surface area contributed by atoms with E-state index in [0.717, 1.165) is 34.1 Å². The van der Waals surface area contributed by atoms with E-state index in [1.54, 1.807) is 19.1 Å².